The second-order valence-corrected chi connectivity index (χ2v) is 2.87. The Morgan fingerprint density at radius 1 is 1.31 bits per heavy atom. The minimum atomic E-state index is -0.244. The molecule has 68 valence electrons. The minimum Gasteiger partial charge on any atom is -0.410 e. The molecule has 0 aromatic heterocycles. The molecule has 1 rings (SSSR count). The number of benzene rings is 1. The van der Waals surface area contributed by atoms with Crippen LogP contribution in [0.15, 0.2) is 29.4 Å². The Morgan fingerprint density at radius 3 is 2.23 bits per heavy atom. The van der Waals surface area contributed by atoms with E-state index in [0.717, 1.165) is 5.56 Å². The number of hydrogen-bond acceptors (Lipinski definition) is 3. The lowest BCUT2D eigenvalue weighted by atomic mass is 10.1. The van der Waals surface area contributed by atoms with Crippen LogP contribution in [0.3, 0.4) is 0 Å². The molecule has 0 fully saturated rings. The summed E-state index contributed by atoms with van der Waals surface area (Å²) < 4.78 is 0. The van der Waals surface area contributed by atoms with Gasteiger partial charge in [-0.05, 0) is 6.92 Å². The van der Waals surface area contributed by atoms with Gasteiger partial charge in [0.1, 0.15) is 0 Å². The number of oxime groups is 1. The van der Waals surface area contributed by atoms with E-state index < -0.39 is 0 Å². The fourth-order valence-corrected chi connectivity index (χ4v) is 1.04. The van der Waals surface area contributed by atoms with Gasteiger partial charge in [0.05, 0.1) is 0 Å². The van der Waals surface area contributed by atoms with Crippen molar-refractivity contribution < 1.29 is 10.0 Å². The zero-order chi connectivity index (χ0) is 9.84. The highest BCUT2D eigenvalue weighted by molar-refractivity contribution is 6.45. The summed E-state index contributed by atoms with van der Waals surface area (Å²) in [4.78, 5) is 11.0. The van der Waals surface area contributed by atoms with Crippen molar-refractivity contribution in [2.45, 2.75) is 13.8 Å². The summed E-state index contributed by atoms with van der Waals surface area (Å²) in [6.07, 6.45) is 0. The Hall–Kier alpha value is -1.64. The predicted molar refractivity (Wildman–Crippen MR) is 50.2 cm³/mol. The Kier molecular flexibility index (Phi) is 2.80. The molecule has 0 saturated carbocycles. The Balaban J connectivity index is 3.07. The number of aryl methyl sites for hydroxylation is 1. The van der Waals surface area contributed by atoms with Crippen LogP contribution in [0.25, 0.3) is 0 Å². The Labute approximate surface area is 76.7 Å². The van der Waals surface area contributed by atoms with E-state index >= 15 is 0 Å². The fourth-order valence-electron chi connectivity index (χ4n) is 1.04. The molecule has 1 aromatic carbocycles. The van der Waals surface area contributed by atoms with Gasteiger partial charge < -0.3 is 5.21 Å². The molecular formula is C10H11NO2. The van der Waals surface area contributed by atoms with Crippen LogP contribution in [0.2, 0.25) is 0 Å². The highest BCUT2D eigenvalue weighted by Gasteiger charge is 2.08. The summed E-state index contributed by atoms with van der Waals surface area (Å²) in [5.41, 5.74) is 1.84. The van der Waals surface area contributed by atoms with Crippen LogP contribution in [0.5, 0.6) is 0 Å². The van der Waals surface area contributed by atoms with E-state index in [-0.39, 0.29) is 11.5 Å². The summed E-state index contributed by atoms with van der Waals surface area (Å²) in [7, 11) is 0. The molecule has 1 N–H and O–H groups in total. The molecule has 0 aliphatic rings. The SMILES string of the molecule is CC(=O)/C(=N/O)c1ccc(C)cc1. The van der Waals surface area contributed by atoms with E-state index in [1.807, 2.05) is 19.1 Å². The summed E-state index contributed by atoms with van der Waals surface area (Å²) >= 11 is 0. The molecule has 1 aromatic rings. The van der Waals surface area contributed by atoms with Gasteiger partial charge in [-0.3, -0.25) is 4.79 Å². The molecule has 0 amide bonds. The zero-order valence-corrected chi connectivity index (χ0v) is 7.61. The number of hydrogen-bond donors (Lipinski definition) is 1. The van der Waals surface area contributed by atoms with Crippen molar-refractivity contribution in [3.05, 3.63) is 35.4 Å². The lowest BCUT2D eigenvalue weighted by Gasteiger charge is -2.00. The van der Waals surface area contributed by atoms with E-state index in [4.69, 9.17) is 5.21 Å². The van der Waals surface area contributed by atoms with Gasteiger partial charge in [-0.2, -0.15) is 0 Å². The smallest absolute Gasteiger partial charge is 0.182 e. The van der Waals surface area contributed by atoms with Crippen LogP contribution in [-0.4, -0.2) is 16.7 Å². The van der Waals surface area contributed by atoms with Crippen LogP contribution in [0, 0.1) is 6.92 Å². The van der Waals surface area contributed by atoms with E-state index in [9.17, 15) is 4.79 Å². The lowest BCUT2D eigenvalue weighted by molar-refractivity contribution is -0.111. The van der Waals surface area contributed by atoms with Crippen LogP contribution >= 0.6 is 0 Å². The summed E-state index contributed by atoms with van der Waals surface area (Å²) in [5.74, 6) is -0.244. The summed E-state index contributed by atoms with van der Waals surface area (Å²) in [6.45, 7) is 3.32. The molecule has 3 heteroatoms. The molecule has 0 unspecified atom stereocenters. The molecule has 0 saturated heterocycles. The fraction of sp³-hybridized carbons (Fsp3) is 0.200. The second-order valence-electron chi connectivity index (χ2n) is 2.87. The van der Waals surface area contributed by atoms with Crippen LogP contribution in [0.4, 0.5) is 0 Å². The van der Waals surface area contributed by atoms with Gasteiger partial charge in [-0.25, -0.2) is 0 Å². The van der Waals surface area contributed by atoms with E-state index in [2.05, 4.69) is 5.16 Å². The summed E-state index contributed by atoms with van der Waals surface area (Å²) in [5, 5.41) is 11.5. The maximum absolute atomic E-state index is 11.0. The number of carbonyl (C=O) groups is 1. The van der Waals surface area contributed by atoms with Crippen molar-refractivity contribution >= 4 is 11.5 Å². The zero-order valence-electron chi connectivity index (χ0n) is 7.61. The number of Topliss-reactive ketones (excluding diaryl/α,β-unsaturated/α-hetero) is 1. The molecule has 0 bridgehead atoms. The number of nitrogens with zero attached hydrogens (tertiary/aromatic N) is 1. The monoisotopic (exact) mass is 177 g/mol. The van der Waals surface area contributed by atoms with Crippen LogP contribution < -0.4 is 0 Å². The second kappa shape index (κ2) is 3.85. The first kappa shape index (κ1) is 9.45. The quantitative estimate of drug-likeness (QED) is 0.425. The maximum atomic E-state index is 11.0. The number of rotatable bonds is 2. The van der Waals surface area contributed by atoms with Crippen LogP contribution in [-0.2, 0) is 4.79 Å². The van der Waals surface area contributed by atoms with Gasteiger partial charge in [0.2, 0.25) is 0 Å². The molecule has 13 heavy (non-hydrogen) atoms. The first-order valence-electron chi connectivity index (χ1n) is 3.95. The van der Waals surface area contributed by atoms with Gasteiger partial charge in [0.15, 0.2) is 11.5 Å². The van der Waals surface area contributed by atoms with Gasteiger partial charge in [-0.15, -0.1) is 0 Å². The lowest BCUT2D eigenvalue weighted by Crippen LogP contribution is -2.11. The molecule has 3 nitrogen and oxygen atoms in total. The van der Waals surface area contributed by atoms with Gasteiger partial charge in [0, 0.05) is 12.5 Å². The van der Waals surface area contributed by atoms with Crippen molar-refractivity contribution in [1.29, 1.82) is 0 Å². The maximum Gasteiger partial charge on any atom is 0.182 e. The van der Waals surface area contributed by atoms with Gasteiger partial charge >= 0.3 is 0 Å². The standard InChI is InChI=1S/C10H11NO2/c1-7-3-5-9(6-4-7)10(11-13)8(2)12/h3-6,13H,1-2H3/b11-10-. The van der Waals surface area contributed by atoms with Crippen LogP contribution in [0.1, 0.15) is 18.1 Å². The number of carbonyl (C=O) groups excluding carboxylic acids is 1. The first-order chi connectivity index (χ1) is 6.15. The molecule has 0 aliphatic heterocycles. The highest BCUT2D eigenvalue weighted by atomic mass is 16.4. The molecular weight excluding hydrogens is 166 g/mol. The average Bonchev–Trinajstić information content (AvgIpc) is 2.09. The normalized spacial score (nSPS) is 11.4. The highest BCUT2D eigenvalue weighted by Crippen LogP contribution is 2.05. The molecule has 0 radical (unpaired) electrons. The predicted octanol–water partition coefficient (Wildman–Crippen LogP) is 1.76. The van der Waals surface area contributed by atoms with E-state index in [0.29, 0.717) is 5.56 Å². The number of ketones is 1. The van der Waals surface area contributed by atoms with Crippen molar-refractivity contribution in [1.82, 2.24) is 0 Å². The molecule has 0 spiro atoms. The molecule has 0 atom stereocenters. The minimum absolute atomic E-state index is 0.0972. The largest absolute Gasteiger partial charge is 0.410 e. The summed E-state index contributed by atoms with van der Waals surface area (Å²) in [6, 6.07) is 7.24. The third-order valence-corrected chi connectivity index (χ3v) is 1.76. The van der Waals surface area contributed by atoms with Crippen molar-refractivity contribution in [3.63, 3.8) is 0 Å². The first-order valence-corrected chi connectivity index (χ1v) is 3.95. The Bertz CT molecular complexity index is 338. The van der Waals surface area contributed by atoms with Crippen molar-refractivity contribution in [2.75, 3.05) is 0 Å². The van der Waals surface area contributed by atoms with E-state index in [1.165, 1.54) is 6.92 Å². The average molecular weight is 177 g/mol. The molecule has 0 heterocycles. The van der Waals surface area contributed by atoms with Crippen molar-refractivity contribution in [2.24, 2.45) is 5.16 Å². The van der Waals surface area contributed by atoms with Gasteiger partial charge in [-0.1, -0.05) is 35.0 Å². The van der Waals surface area contributed by atoms with Gasteiger partial charge in [0.25, 0.3) is 0 Å². The van der Waals surface area contributed by atoms with E-state index in [1.54, 1.807) is 12.1 Å². The third-order valence-electron chi connectivity index (χ3n) is 1.76. The van der Waals surface area contributed by atoms with Crippen molar-refractivity contribution in [3.8, 4) is 0 Å². The topological polar surface area (TPSA) is 49.7 Å². The Morgan fingerprint density at radius 2 is 1.85 bits per heavy atom. The molecule has 0 aliphatic carbocycles. The third kappa shape index (κ3) is 2.15.